The maximum Gasteiger partial charge on any atom is 0.230 e. The highest BCUT2D eigenvalue weighted by Gasteiger charge is 2.44. The summed E-state index contributed by atoms with van der Waals surface area (Å²) in [6.45, 7) is 3.53. The molecule has 2 aromatic rings. The van der Waals surface area contributed by atoms with E-state index in [4.69, 9.17) is 0 Å². The second-order valence-corrected chi connectivity index (χ2v) is 7.45. The lowest BCUT2D eigenvalue weighted by Crippen LogP contribution is -2.54. The third-order valence-corrected chi connectivity index (χ3v) is 5.73. The Morgan fingerprint density at radius 3 is 2.36 bits per heavy atom. The van der Waals surface area contributed by atoms with Gasteiger partial charge in [-0.3, -0.25) is 4.79 Å². The molecule has 25 heavy (non-hydrogen) atoms. The van der Waals surface area contributed by atoms with Crippen LogP contribution < -0.4 is 5.32 Å². The smallest absolute Gasteiger partial charge is 0.230 e. The molecule has 2 heterocycles. The molecule has 0 bridgehead atoms. The fourth-order valence-electron chi connectivity index (χ4n) is 4.32. The van der Waals surface area contributed by atoms with Crippen LogP contribution in [-0.4, -0.2) is 30.4 Å². The average Bonchev–Trinajstić information content (AvgIpc) is 2.68. The largest absolute Gasteiger partial charge is 0.338 e. The zero-order valence-corrected chi connectivity index (χ0v) is 14.7. The minimum Gasteiger partial charge on any atom is -0.338 e. The van der Waals surface area contributed by atoms with E-state index in [0.717, 1.165) is 51.9 Å². The lowest BCUT2D eigenvalue weighted by molar-refractivity contribution is -0.148. The molecule has 0 radical (unpaired) electrons. The van der Waals surface area contributed by atoms with Gasteiger partial charge >= 0.3 is 0 Å². The number of nitrogens with zero attached hydrogens (tertiary/aromatic N) is 1. The van der Waals surface area contributed by atoms with Gasteiger partial charge in [0.1, 0.15) is 0 Å². The van der Waals surface area contributed by atoms with Crippen molar-refractivity contribution in [3.05, 3.63) is 60.2 Å². The number of rotatable bonds is 3. The number of amides is 1. The standard InChI is InChI=1S/C22H26N2O/c25-21-22(12-4-14-23-17-22)13-5-15-24(21)16-18-8-10-20(11-9-18)19-6-2-1-3-7-19/h1-3,6-11,23H,4-5,12-17H2. The summed E-state index contributed by atoms with van der Waals surface area (Å²) in [5, 5.41) is 3.44. The number of hydrogen-bond acceptors (Lipinski definition) is 2. The lowest BCUT2D eigenvalue weighted by Gasteiger charge is -2.44. The molecule has 4 rings (SSSR count). The van der Waals surface area contributed by atoms with Crippen LogP contribution in [0.3, 0.4) is 0 Å². The third kappa shape index (κ3) is 3.34. The van der Waals surface area contributed by atoms with Crippen LogP contribution in [0.1, 0.15) is 31.2 Å². The van der Waals surface area contributed by atoms with E-state index < -0.39 is 0 Å². The van der Waals surface area contributed by atoms with Crippen molar-refractivity contribution in [2.75, 3.05) is 19.6 Å². The first kappa shape index (κ1) is 16.3. The van der Waals surface area contributed by atoms with Gasteiger partial charge in [0.25, 0.3) is 0 Å². The maximum absolute atomic E-state index is 13.1. The lowest BCUT2D eigenvalue weighted by atomic mass is 9.73. The van der Waals surface area contributed by atoms with Gasteiger partial charge in [0.15, 0.2) is 0 Å². The molecule has 130 valence electrons. The molecular weight excluding hydrogens is 308 g/mol. The van der Waals surface area contributed by atoms with Crippen LogP contribution in [0.25, 0.3) is 11.1 Å². The molecule has 1 N–H and O–H groups in total. The molecular formula is C22H26N2O. The highest BCUT2D eigenvalue weighted by molar-refractivity contribution is 5.84. The number of piperidine rings is 2. The zero-order valence-electron chi connectivity index (χ0n) is 14.7. The molecule has 2 saturated heterocycles. The van der Waals surface area contributed by atoms with Crippen LogP contribution in [0.2, 0.25) is 0 Å². The average molecular weight is 334 g/mol. The van der Waals surface area contributed by atoms with E-state index in [1.807, 2.05) is 6.07 Å². The fourth-order valence-corrected chi connectivity index (χ4v) is 4.32. The van der Waals surface area contributed by atoms with Crippen molar-refractivity contribution in [3.63, 3.8) is 0 Å². The second kappa shape index (κ2) is 7.01. The number of carbonyl (C=O) groups is 1. The molecule has 2 fully saturated rings. The molecule has 2 aliphatic heterocycles. The van der Waals surface area contributed by atoms with Crippen LogP contribution in [0, 0.1) is 5.41 Å². The van der Waals surface area contributed by atoms with Crippen LogP contribution in [0.4, 0.5) is 0 Å². The summed E-state index contributed by atoms with van der Waals surface area (Å²) in [6.07, 6.45) is 4.32. The summed E-state index contributed by atoms with van der Waals surface area (Å²) in [4.78, 5) is 15.2. The molecule has 1 atom stereocenters. The number of hydrogen-bond donors (Lipinski definition) is 1. The predicted octanol–water partition coefficient (Wildman–Crippen LogP) is 3.85. The minimum atomic E-state index is -0.138. The van der Waals surface area contributed by atoms with E-state index in [9.17, 15) is 4.79 Å². The highest BCUT2D eigenvalue weighted by atomic mass is 16.2. The van der Waals surface area contributed by atoms with E-state index in [1.54, 1.807) is 0 Å². The van der Waals surface area contributed by atoms with Crippen molar-refractivity contribution in [1.82, 2.24) is 10.2 Å². The normalized spacial score (nSPS) is 23.8. The van der Waals surface area contributed by atoms with Gasteiger partial charge in [-0.1, -0.05) is 54.6 Å². The van der Waals surface area contributed by atoms with Gasteiger partial charge in [0.2, 0.25) is 5.91 Å². The first-order valence-corrected chi connectivity index (χ1v) is 9.41. The van der Waals surface area contributed by atoms with Gasteiger partial charge < -0.3 is 10.2 Å². The SMILES string of the molecule is O=C1N(Cc2ccc(-c3ccccc3)cc2)CCCC12CCCNC2. The van der Waals surface area contributed by atoms with Crippen molar-refractivity contribution in [2.24, 2.45) is 5.41 Å². The number of benzene rings is 2. The number of nitrogens with one attached hydrogen (secondary N) is 1. The highest BCUT2D eigenvalue weighted by Crippen LogP contribution is 2.37. The number of carbonyl (C=O) groups excluding carboxylic acids is 1. The summed E-state index contributed by atoms with van der Waals surface area (Å²) in [7, 11) is 0. The van der Waals surface area contributed by atoms with Crippen LogP contribution >= 0.6 is 0 Å². The molecule has 1 amide bonds. The zero-order chi connectivity index (χ0) is 17.1. The van der Waals surface area contributed by atoms with E-state index in [2.05, 4.69) is 58.7 Å². The minimum absolute atomic E-state index is 0.138. The van der Waals surface area contributed by atoms with E-state index >= 15 is 0 Å². The van der Waals surface area contributed by atoms with Gasteiger partial charge in [-0.15, -0.1) is 0 Å². The number of likely N-dealkylation sites (tertiary alicyclic amines) is 1. The third-order valence-electron chi connectivity index (χ3n) is 5.73. The summed E-state index contributed by atoms with van der Waals surface area (Å²) < 4.78 is 0. The summed E-state index contributed by atoms with van der Waals surface area (Å²) >= 11 is 0. The van der Waals surface area contributed by atoms with Crippen molar-refractivity contribution in [3.8, 4) is 11.1 Å². The van der Waals surface area contributed by atoms with Crippen molar-refractivity contribution >= 4 is 5.91 Å². The monoisotopic (exact) mass is 334 g/mol. The first-order chi connectivity index (χ1) is 12.3. The molecule has 0 aliphatic carbocycles. The molecule has 3 heteroatoms. The summed E-state index contributed by atoms with van der Waals surface area (Å²) in [5.74, 6) is 0.359. The van der Waals surface area contributed by atoms with E-state index in [1.165, 1.54) is 16.7 Å². The van der Waals surface area contributed by atoms with Crippen molar-refractivity contribution in [1.29, 1.82) is 0 Å². The Labute approximate surface area is 150 Å². The molecule has 1 spiro atoms. The Balaban J connectivity index is 1.47. The molecule has 2 aromatic carbocycles. The quantitative estimate of drug-likeness (QED) is 0.925. The van der Waals surface area contributed by atoms with E-state index in [-0.39, 0.29) is 5.41 Å². The molecule has 0 aromatic heterocycles. The van der Waals surface area contributed by atoms with Crippen LogP contribution in [-0.2, 0) is 11.3 Å². The molecule has 2 aliphatic rings. The van der Waals surface area contributed by atoms with Gasteiger partial charge in [-0.2, -0.15) is 0 Å². The summed E-state index contributed by atoms with van der Waals surface area (Å²) in [6, 6.07) is 19.1. The second-order valence-electron chi connectivity index (χ2n) is 7.45. The van der Waals surface area contributed by atoms with Crippen LogP contribution in [0.15, 0.2) is 54.6 Å². The summed E-state index contributed by atoms with van der Waals surface area (Å²) in [5.41, 5.74) is 3.53. The van der Waals surface area contributed by atoms with Gasteiger partial charge in [0, 0.05) is 19.6 Å². The predicted molar refractivity (Wildman–Crippen MR) is 101 cm³/mol. The Morgan fingerprint density at radius 2 is 1.64 bits per heavy atom. The Kier molecular flexibility index (Phi) is 4.58. The van der Waals surface area contributed by atoms with E-state index in [0.29, 0.717) is 5.91 Å². The molecule has 3 nitrogen and oxygen atoms in total. The fraction of sp³-hybridized carbons (Fsp3) is 0.409. The topological polar surface area (TPSA) is 32.3 Å². The van der Waals surface area contributed by atoms with Gasteiger partial charge in [-0.25, -0.2) is 0 Å². The first-order valence-electron chi connectivity index (χ1n) is 9.41. The van der Waals surface area contributed by atoms with Crippen molar-refractivity contribution in [2.45, 2.75) is 32.2 Å². The van der Waals surface area contributed by atoms with Gasteiger partial charge in [0.05, 0.1) is 5.41 Å². The Bertz CT molecular complexity index is 712. The molecule has 1 unspecified atom stereocenters. The van der Waals surface area contributed by atoms with Crippen molar-refractivity contribution < 1.29 is 4.79 Å². The maximum atomic E-state index is 13.1. The Morgan fingerprint density at radius 1 is 0.920 bits per heavy atom. The van der Waals surface area contributed by atoms with Crippen LogP contribution in [0.5, 0.6) is 0 Å². The van der Waals surface area contributed by atoms with Gasteiger partial charge in [-0.05, 0) is 48.9 Å². The molecule has 0 saturated carbocycles. The Hall–Kier alpha value is -2.13.